The highest BCUT2D eigenvalue weighted by molar-refractivity contribution is 6.07. The molecule has 0 bridgehead atoms. The van der Waals surface area contributed by atoms with Crippen molar-refractivity contribution >= 4 is 52.1 Å². The monoisotopic (exact) mass is 614 g/mol. The van der Waals surface area contributed by atoms with Crippen LogP contribution in [0.15, 0.2) is 59.7 Å². The quantitative estimate of drug-likeness (QED) is 0.282. The predicted molar refractivity (Wildman–Crippen MR) is 170 cm³/mol. The largest absolute Gasteiger partial charge is 0.466 e. The Hall–Kier alpha value is -5.00. The minimum atomic E-state index is -0.719. The molecule has 12 nitrogen and oxygen atoms in total. The van der Waals surface area contributed by atoms with Gasteiger partial charge in [0.25, 0.3) is 0 Å². The van der Waals surface area contributed by atoms with Gasteiger partial charge in [0.15, 0.2) is 0 Å². The number of benzene rings is 2. The fourth-order valence-electron chi connectivity index (χ4n) is 5.29. The van der Waals surface area contributed by atoms with Gasteiger partial charge in [0.2, 0.25) is 17.8 Å². The number of aliphatic imine (C=N–C) groups is 1. The second-order valence-electron chi connectivity index (χ2n) is 11.9. The smallest absolute Gasteiger partial charge is 0.417 e. The van der Waals surface area contributed by atoms with Crippen molar-refractivity contribution in [2.45, 2.75) is 58.6 Å². The van der Waals surface area contributed by atoms with E-state index in [0.717, 1.165) is 16.5 Å². The van der Waals surface area contributed by atoms with E-state index >= 15 is 0 Å². The van der Waals surface area contributed by atoms with Crippen molar-refractivity contribution in [3.8, 4) is 0 Å². The summed E-state index contributed by atoms with van der Waals surface area (Å²) in [6, 6.07) is 14.3. The Balaban J connectivity index is 1.26. The number of carbonyl (C=O) groups is 4. The number of ether oxygens (including phenoxy) is 2. The molecule has 0 spiro atoms. The third-order valence-electron chi connectivity index (χ3n) is 7.33. The zero-order valence-electron chi connectivity index (χ0n) is 26.0. The van der Waals surface area contributed by atoms with Gasteiger partial charge < -0.3 is 25.0 Å². The minimum Gasteiger partial charge on any atom is -0.466 e. The van der Waals surface area contributed by atoms with Crippen molar-refractivity contribution in [3.63, 3.8) is 0 Å². The van der Waals surface area contributed by atoms with Crippen molar-refractivity contribution in [1.29, 1.82) is 0 Å². The Morgan fingerprint density at radius 3 is 2.60 bits per heavy atom. The second-order valence-corrected chi connectivity index (χ2v) is 11.9. The van der Waals surface area contributed by atoms with E-state index in [1.54, 1.807) is 38.8 Å². The topological polar surface area (TPSA) is 143 Å². The number of guanidine groups is 1. The molecule has 3 heterocycles. The number of aromatic nitrogens is 1. The molecule has 0 radical (unpaired) electrons. The summed E-state index contributed by atoms with van der Waals surface area (Å²) >= 11 is 0. The number of nitrogens with zero attached hydrogens (tertiary/aromatic N) is 4. The van der Waals surface area contributed by atoms with E-state index < -0.39 is 36.0 Å². The predicted octanol–water partition coefficient (Wildman–Crippen LogP) is 4.34. The first kappa shape index (κ1) is 31.4. The average molecular weight is 615 g/mol. The molecule has 0 aliphatic carbocycles. The molecule has 5 rings (SSSR count). The lowest BCUT2D eigenvalue weighted by Crippen LogP contribution is -2.41. The van der Waals surface area contributed by atoms with Gasteiger partial charge in [-0.15, -0.1) is 0 Å². The summed E-state index contributed by atoms with van der Waals surface area (Å²) in [4.78, 5) is 63.6. The lowest BCUT2D eigenvalue weighted by Gasteiger charge is -2.25. The van der Waals surface area contributed by atoms with Crippen LogP contribution in [-0.4, -0.2) is 71.6 Å². The maximum Gasteiger partial charge on any atom is 0.417 e. The molecule has 12 heteroatoms. The Bertz CT molecular complexity index is 1650. The number of hydrogen-bond donors (Lipinski definition) is 2. The van der Waals surface area contributed by atoms with E-state index in [4.69, 9.17) is 9.47 Å². The third-order valence-corrected chi connectivity index (χ3v) is 7.33. The lowest BCUT2D eigenvalue weighted by atomic mass is 10.0. The Kier molecular flexibility index (Phi) is 9.31. The van der Waals surface area contributed by atoms with Gasteiger partial charge in [0.05, 0.1) is 37.7 Å². The molecule has 2 N–H and O–H groups in total. The number of amides is 3. The maximum atomic E-state index is 13.4. The van der Waals surface area contributed by atoms with E-state index in [-0.39, 0.29) is 18.9 Å². The molecule has 2 aliphatic heterocycles. The van der Waals surface area contributed by atoms with Gasteiger partial charge in [-0.05, 0) is 69.5 Å². The van der Waals surface area contributed by atoms with Gasteiger partial charge in [-0.3, -0.25) is 24.4 Å². The highest BCUT2D eigenvalue weighted by Crippen LogP contribution is 2.32. The van der Waals surface area contributed by atoms with Crippen molar-refractivity contribution in [1.82, 2.24) is 15.2 Å². The molecule has 3 aromatic rings. The summed E-state index contributed by atoms with van der Waals surface area (Å²) in [6.45, 7) is 8.61. The van der Waals surface area contributed by atoms with Crippen LogP contribution in [0.2, 0.25) is 0 Å². The van der Waals surface area contributed by atoms with Crippen LogP contribution in [0.25, 0.3) is 10.9 Å². The van der Waals surface area contributed by atoms with Crippen LogP contribution in [0.5, 0.6) is 0 Å². The molecular weight excluding hydrogens is 576 g/mol. The summed E-state index contributed by atoms with van der Waals surface area (Å²) < 4.78 is 10.6. The number of carbonyl (C=O) groups excluding carboxylic acids is 4. The normalized spacial score (nSPS) is 14.9. The third kappa shape index (κ3) is 7.75. The van der Waals surface area contributed by atoms with Crippen LogP contribution < -0.4 is 15.5 Å². The summed E-state index contributed by atoms with van der Waals surface area (Å²) in [5.74, 6) is -0.981. The Labute approximate surface area is 261 Å². The lowest BCUT2D eigenvalue weighted by molar-refractivity contribution is -0.143. The molecular formula is C33H38N6O6. The molecule has 1 aromatic heterocycles. The number of para-hydroxylation sites is 1. The van der Waals surface area contributed by atoms with E-state index in [0.29, 0.717) is 49.0 Å². The van der Waals surface area contributed by atoms with Crippen molar-refractivity contribution in [3.05, 3.63) is 65.9 Å². The van der Waals surface area contributed by atoms with E-state index in [9.17, 15) is 19.2 Å². The number of rotatable bonds is 8. The molecule has 45 heavy (non-hydrogen) atoms. The maximum absolute atomic E-state index is 13.4. The molecule has 3 amide bonds. The van der Waals surface area contributed by atoms with E-state index in [1.165, 1.54) is 4.90 Å². The van der Waals surface area contributed by atoms with Crippen molar-refractivity contribution < 1.29 is 28.7 Å². The van der Waals surface area contributed by atoms with Gasteiger partial charge in [-0.25, -0.2) is 9.69 Å². The zero-order valence-corrected chi connectivity index (χ0v) is 26.0. The molecule has 0 saturated carbocycles. The molecule has 236 valence electrons. The number of anilines is 2. The first-order valence-corrected chi connectivity index (χ1v) is 15.1. The highest BCUT2D eigenvalue weighted by atomic mass is 16.6. The molecule has 1 atom stereocenters. The first-order chi connectivity index (χ1) is 21.5. The Morgan fingerprint density at radius 2 is 1.82 bits per heavy atom. The van der Waals surface area contributed by atoms with Crippen LogP contribution in [0.3, 0.4) is 0 Å². The van der Waals surface area contributed by atoms with E-state index in [1.807, 2.05) is 48.5 Å². The molecule has 2 aliphatic rings. The summed E-state index contributed by atoms with van der Waals surface area (Å²) in [5.41, 5.74) is 3.08. The average Bonchev–Trinajstić information content (AvgIpc) is 3.63. The van der Waals surface area contributed by atoms with Gasteiger partial charge in [-0.2, -0.15) is 0 Å². The fraction of sp³-hybridized carbons (Fsp3) is 0.394. The molecule has 0 saturated heterocycles. The van der Waals surface area contributed by atoms with Gasteiger partial charge >= 0.3 is 12.1 Å². The van der Waals surface area contributed by atoms with Gasteiger partial charge in [0.1, 0.15) is 12.0 Å². The summed E-state index contributed by atoms with van der Waals surface area (Å²) in [5, 5.41) is 6.90. The van der Waals surface area contributed by atoms with Crippen LogP contribution in [-0.2, 0) is 30.3 Å². The second kappa shape index (κ2) is 13.3. The van der Waals surface area contributed by atoms with Crippen LogP contribution in [0.4, 0.5) is 16.2 Å². The number of hydrogen-bond acceptors (Lipinski definition) is 9. The Morgan fingerprint density at radius 1 is 1.02 bits per heavy atom. The van der Waals surface area contributed by atoms with Crippen molar-refractivity contribution in [2.24, 2.45) is 4.99 Å². The van der Waals surface area contributed by atoms with Gasteiger partial charge in [0, 0.05) is 29.5 Å². The van der Waals surface area contributed by atoms with E-state index in [2.05, 4.69) is 20.6 Å². The number of esters is 1. The molecule has 0 fully saturated rings. The highest BCUT2D eigenvalue weighted by Gasteiger charge is 2.31. The number of pyridine rings is 1. The summed E-state index contributed by atoms with van der Waals surface area (Å²) in [7, 11) is 0. The standard InChI is InChI=1S/C33H38N6O6/c1-5-44-30(42)18-26(23-16-22-8-6-7-9-25(22)35-20-23)37-28(40)19-29(41)38-14-12-21-10-11-24(17-27(21)38)36-31-34-13-15-39(31)32(43)45-33(2,3)4/h6-11,16-17,20,26H,5,12-15,18-19H2,1-4H3,(H,34,36)(H,37,40). The van der Waals surface area contributed by atoms with Crippen LogP contribution >= 0.6 is 0 Å². The number of fused-ring (bicyclic) bond motifs is 2. The summed E-state index contributed by atoms with van der Waals surface area (Å²) in [6.07, 6.45) is 1.27. The SMILES string of the molecule is CCOC(=O)CC(NC(=O)CC(=O)N1CCc2ccc(NC3=NCCN3C(=O)OC(C)(C)C)cc21)c1cnc2ccccc2c1. The molecule has 2 aromatic carbocycles. The fourth-order valence-corrected chi connectivity index (χ4v) is 5.29. The minimum absolute atomic E-state index is 0.0977. The number of nitrogens with one attached hydrogen (secondary N) is 2. The van der Waals surface area contributed by atoms with Crippen molar-refractivity contribution in [2.75, 3.05) is 36.5 Å². The zero-order chi connectivity index (χ0) is 32.1. The van der Waals surface area contributed by atoms with Gasteiger partial charge in [-0.1, -0.05) is 24.3 Å². The van der Waals surface area contributed by atoms with Crippen LogP contribution in [0.1, 0.15) is 57.7 Å². The molecule has 1 unspecified atom stereocenters. The first-order valence-electron chi connectivity index (χ1n) is 15.1. The van der Waals surface area contributed by atoms with Crippen LogP contribution in [0, 0.1) is 0 Å².